The second-order valence-electron chi connectivity index (χ2n) is 6.89. The fraction of sp³-hybridized carbons (Fsp3) is 0.200. The van der Waals surface area contributed by atoms with Gasteiger partial charge >= 0.3 is 0 Å². The molecule has 0 fully saturated rings. The molecule has 31 heavy (non-hydrogen) atoms. The third-order valence-electron chi connectivity index (χ3n) is 3.87. The molecule has 1 N–H and O–H groups in total. The zero-order valence-electron chi connectivity index (χ0n) is 16.5. The van der Waals surface area contributed by atoms with E-state index in [4.69, 9.17) is 4.42 Å². The SMILES string of the molecule is CC(C)CS(=O)(=O)c1nsc(NC(=O)/C(C#N)=C\c2ccc(-c3ccc(Br)cc3)o2)n1. The highest BCUT2D eigenvalue weighted by molar-refractivity contribution is 9.10. The molecule has 0 aliphatic heterocycles. The largest absolute Gasteiger partial charge is 0.457 e. The van der Waals surface area contributed by atoms with Gasteiger partial charge < -0.3 is 4.42 Å². The monoisotopic (exact) mass is 520 g/mol. The van der Waals surface area contributed by atoms with Crippen LogP contribution in [0.1, 0.15) is 19.6 Å². The van der Waals surface area contributed by atoms with Crippen LogP contribution in [0.5, 0.6) is 0 Å². The fourth-order valence-electron chi connectivity index (χ4n) is 2.56. The molecule has 3 aromatic rings. The number of hydrogen-bond acceptors (Lipinski definition) is 8. The van der Waals surface area contributed by atoms with E-state index in [0.29, 0.717) is 11.5 Å². The molecular weight excluding hydrogens is 504 g/mol. The van der Waals surface area contributed by atoms with E-state index in [9.17, 15) is 18.5 Å². The van der Waals surface area contributed by atoms with E-state index in [1.807, 2.05) is 30.3 Å². The van der Waals surface area contributed by atoms with E-state index in [-0.39, 0.29) is 27.5 Å². The van der Waals surface area contributed by atoms with Crippen LogP contribution in [0, 0.1) is 17.2 Å². The normalized spacial score (nSPS) is 12.0. The highest BCUT2D eigenvalue weighted by Gasteiger charge is 2.23. The second-order valence-corrected chi connectivity index (χ2v) is 10.5. The lowest BCUT2D eigenvalue weighted by atomic mass is 10.2. The molecule has 3 rings (SSSR count). The number of hydrogen-bond donors (Lipinski definition) is 1. The number of aromatic nitrogens is 2. The van der Waals surface area contributed by atoms with Gasteiger partial charge in [0.1, 0.15) is 23.2 Å². The summed E-state index contributed by atoms with van der Waals surface area (Å²) >= 11 is 4.10. The first kappa shape index (κ1) is 22.9. The van der Waals surface area contributed by atoms with E-state index in [1.54, 1.807) is 26.0 Å². The topological polar surface area (TPSA) is 126 Å². The molecule has 0 aliphatic carbocycles. The van der Waals surface area contributed by atoms with Crippen LogP contribution in [0.3, 0.4) is 0 Å². The van der Waals surface area contributed by atoms with E-state index in [1.165, 1.54) is 6.08 Å². The van der Waals surface area contributed by atoms with Crippen molar-refractivity contribution in [3.05, 3.63) is 52.2 Å². The van der Waals surface area contributed by atoms with Gasteiger partial charge in [-0.2, -0.15) is 14.6 Å². The van der Waals surface area contributed by atoms with Gasteiger partial charge in [-0.3, -0.25) is 10.1 Å². The number of amides is 1. The van der Waals surface area contributed by atoms with Crippen molar-refractivity contribution in [1.29, 1.82) is 5.26 Å². The molecule has 0 bridgehead atoms. The maximum absolute atomic E-state index is 12.4. The van der Waals surface area contributed by atoms with Gasteiger partial charge in [0.15, 0.2) is 0 Å². The average Bonchev–Trinajstić information content (AvgIpc) is 3.35. The summed E-state index contributed by atoms with van der Waals surface area (Å²) in [5, 5.41) is 11.4. The van der Waals surface area contributed by atoms with Crippen molar-refractivity contribution in [2.24, 2.45) is 5.92 Å². The minimum absolute atomic E-state index is 0.0107. The molecule has 1 aromatic carbocycles. The Bertz CT molecular complexity index is 1270. The van der Waals surface area contributed by atoms with Crippen LogP contribution in [0.15, 0.2) is 56.0 Å². The summed E-state index contributed by atoms with van der Waals surface area (Å²) in [6.45, 7) is 3.54. The third-order valence-corrected chi connectivity index (χ3v) is 6.99. The molecule has 0 atom stereocenters. The molecule has 160 valence electrons. The molecule has 2 heterocycles. The second kappa shape index (κ2) is 9.55. The first-order valence-electron chi connectivity index (χ1n) is 9.03. The molecular formula is C20H17BrN4O4S2. The Hall–Kier alpha value is -2.81. The minimum atomic E-state index is -3.64. The summed E-state index contributed by atoms with van der Waals surface area (Å²) in [7, 11) is -3.64. The number of halogens is 1. The van der Waals surface area contributed by atoms with E-state index in [0.717, 1.165) is 21.6 Å². The van der Waals surface area contributed by atoms with Crippen molar-refractivity contribution in [3.8, 4) is 17.4 Å². The number of anilines is 1. The number of sulfone groups is 1. The Morgan fingerprint density at radius 2 is 2.00 bits per heavy atom. The van der Waals surface area contributed by atoms with Crippen LogP contribution < -0.4 is 5.32 Å². The number of nitriles is 1. The number of nitrogens with zero attached hydrogens (tertiary/aromatic N) is 3. The van der Waals surface area contributed by atoms with Gasteiger partial charge in [-0.15, -0.1) is 0 Å². The molecule has 11 heteroatoms. The first-order valence-corrected chi connectivity index (χ1v) is 12.2. The van der Waals surface area contributed by atoms with Gasteiger partial charge in [0.2, 0.25) is 15.0 Å². The third kappa shape index (κ3) is 5.88. The maximum Gasteiger partial charge on any atom is 0.268 e. The van der Waals surface area contributed by atoms with Gasteiger partial charge in [-0.1, -0.05) is 41.9 Å². The molecule has 0 aliphatic rings. The molecule has 0 saturated heterocycles. The Kier molecular flexibility index (Phi) is 7.04. The van der Waals surface area contributed by atoms with E-state index < -0.39 is 15.7 Å². The van der Waals surface area contributed by atoms with Crippen molar-refractivity contribution in [1.82, 2.24) is 9.36 Å². The van der Waals surface area contributed by atoms with Gasteiger partial charge in [0, 0.05) is 27.6 Å². The van der Waals surface area contributed by atoms with Crippen LogP contribution in [-0.4, -0.2) is 29.4 Å². The molecule has 2 aromatic heterocycles. The standard InChI is InChI=1S/C20H17BrN4O4S2/c1-12(2)11-31(27,28)20-24-19(30-25-20)23-18(26)14(10-22)9-16-7-8-17(29-16)13-3-5-15(21)6-4-13/h3-9,12H,11H2,1-2H3,(H,23,24,25,26)/b14-9-. The average molecular weight is 521 g/mol. The van der Waals surface area contributed by atoms with E-state index >= 15 is 0 Å². The van der Waals surface area contributed by atoms with Crippen LogP contribution in [-0.2, 0) is 14.6 Å². The van der Waals surface area contributed by atoms with Crippen molar-refractivity contribution >= 4 is 54.4 Å². The fourth-order valence-corrected chi connectivity index (χ4v) is 5.17. The van der Waals surface area contributed by atoms with Gasteiger partial charge in [-0.25, -0.2) is 8.42 Å². The van der Waals surface area contributed by atoms with Crippen LogP contribution in [0.4, 0.5) is 5.13 Å². The van der Waals surface area contributed by atoms with Gasteiger partial charge in [-0.05, 0) is 30.2 Å². The zero-order valence-corrected chi connectivity index (χ0v) is 19.7. The van der Waals surface area contributed by atoms with Crippen molar-refractivity contribution in [2.45, 2.75) is 19.0 Å². The van der Waals surface area contributed by atoms with Crippen molar-refractivity contribution in [2.75, 3.05) is 11.1 Å². The summed E-state index contributed by atoms with van der Waals surface area (Å²) in [6, 6.07) is 12.7. The number of benzene rings is 1. The molecule has 0 saturated carbocycles. The molecule has 0 spiro atoms. The van der Waals surface area contributed by atoms with Crippen LogP contribution >= 0.6 is 27.5 Å². The Labute approximate surface area is 191 Å². The lowest BCUT2D eigenvalue weighted by molar-refractivity contribution is -0.112. The summed E-state index contributed by atoms with van der Waals surface area (Å²) < 4.78 is 34.8. The van der Waals surface area contributed by atoms with Gasteiger partial charge in [0.05, 0.1) is 5.75 Å². The molecule has 0 radical (unpaired) electrons. The Morgan fingerprint density at radius 1 is 1.29 bits per heavy atom. The summed E-state index contributed by atoms with van der Waals surface area (Å²) in [6.07, 6.45) is 1.30. The summed E-state index contributed by atoms with van der Waals surface area (Å²) in [5.74, 6) is -0.0226. The maximum atomic E-state index is 12.4. The molecule has 0 unspecified atom stereocenters. The first-order chi connectivity index (χ1) is 14.7. The minimum Gasteiger partial charge on any atom is -0.457 e. The predicted octanol–water partition coefficient (Wildman–Crippen LogP) is 4.54. The smallest absolute Gasteiger partial charge is 0.268 e. The number of carbonyl (C=O) groups excluding carboxylic acids is 1. The van der Waals surface area contributed by atoms with Crippen molar-refractivity contribution in [3.63, 3.8) is 0 Å². The lowest BCUT2D eigenvalue weighted by Crippen LogP contribution is -2.15. The van der Waals surface area contributed by atoms with Crippen LogP contribution in [0.2, 0.25) is 0 Å². The number of furan rings is 1. The highest BCUT2D eigenvalue weighted by atomic mass is 79.9. The zero-order chi connectivity index (χ0) is 22.6. The lowest BCUT2D eigenvalue weighted by Gasteiger charge is -2.02. The summed E-state index contributed by atoms with van der Waals surface area (Å²) in [5.41, 5.74) is 0.619. The number of carbonyl (C=O) groups is 1. The Morgan fingerprint density at radius 3 is 2.65 bits per heavy atom. The number of nitrogens with one attached hydrogen (secondary N) is 1. The highest BCUT2D eigenvalue weighted by Crippen LogP contribution is 2.25. The molecule has 1 amide bonds. The van der Waals surface area contributed by atoms with Crippen molar-refractivity contribution < 1.29 is 17.6 Å². The predicted molar refractivity (Wildman–Crippen MR) is 121 cm³/mol. The Balaban J connectivity index is 1.75. The van der Waals surface area contributed by atoms with Crippen LogP contribution in [0.25, 0.3) is 17.4 Å². The summed E-state index contributed by atoms with van der Waals surface area (Å²) in [4.78, 5) is 16.3. The number of rotatable bonds is 7. The quantitative estimate of drug-likeness (QED) is 0.357. The van der Waals surface area contributed by atoms with E-state index in [2.05, 4.69) is 30.6 Å². The molecule has 8 nitrogen and oxygen atoms in total. The van der Waals surface area contributed by atoms with Gasteiger partial charge in [0.25, 0.3) is 11.1 Å².